The van der Waals surface area contributed by atoms with E-state index in [9.17, 15) is 9.90 Å². The number of nitrogens with zero attached hydrogens (tertiary/aromatic N) is 1. The van der Waals surface area contributed by atoms with Crippen molar-refractivity contribution in [3.8, 4) is 0 Å². The second-order valence-corrected chi connectivity index (χ2v) is 5.69. The first kappa shape index (κ1) is 13.3. The van der Waals surface area contributed by atoms with Gasteiger partial charge in [-0.3, -0.25) is 0 Å². The van der Waals surface area contributed by atoms with Gasteiger partial charge >= 0.3 is 6.03 Å². The van der Waals surface area contributed by atoms with Gasteiger partial charge in [-0.05, 0) is 33.7 Å². The maximum Gasteiger partial charge on any atom is 0.317 e. The number of carbonyl (C=O) groups is 1. The predicted octanol–water partition coefficient (Wildman–Crippen LogP) is 0.151. The molecule has 1 unspecified atom stereocenters. The van der Waals surface area contributed by atoms with E-state index in [0.717, 1.165) is 6.54 Å². The fraction of sp³-hybridized carbons (Fsp3) is 0.909. The van der Waals surface area contributed by atoms with Crippen LogP contribution < -0.4 is 10.6 Å². The van der Waals surface area contributed by atoms with E-state index in [0.29, 0.717) is 19.5 Å². The molecule has 0 aromatic heterocycles. The van der Waals surface area contributed by atoms with Gasteiger partial charge in [0.2, 0.25) is 0 Å². The Labute approximate surface area is 97.2 Å². The molecule has 1 aliphatic heterocycles. The van der Waals surface area contributed by atoms with Crippen molar-refractivity contribution in [2.45, 2.75) is 38.3 Å². The van der Waals surface area contributed by atoms with Crippen molar-refractivity contribution in [2.75, 3.05) is 26.7 Å². The standard InChI is InChI=1S/C11H23N3O2/c1-10(2,3)13-9(15)14(4)8-11(16)5-6-12-7-11/h12,16H,5-8H2,1-4H3,(H,13,15). The van der Waals surface area contributed by atoms with Gasteiger partial charge in [-0.1, -0.05) is 0 Å². The molecule has 0 saturated carbocycles. The summed E-state index contributed by atoms with van der Waals surface area (Å²) in [5.41, 5.74) is -1.02. The summed E-state index contributed by atoms with van der Waals surface area (Å²) in [6, 6.07) is -0.146. The van der Waals surface area contributed by atoms with Crippen molar-refractivity contribution in [3.05, 3.63) is 0 Å². The van der Waals surface area contributed by atoms with Crippen molar-refractivity contribution in [2.24, 2.45) is 0 Å². The summed E-state index contributed by atoms with van der Waals surface area (Å²) < 4.78 is 0. The predicted molar refractivity (Wildman–Crippen MR) is 63.4 cm³/mol. The Morgan fingerprint density at radius 3 is 2.62 bits per heavy atom. The second-order valence-electron chi connectivity index (χ2n) is 5.69. The molecule has 5 nitrogen and oxygen atoms in total. The van der Waals surface area contributed by atoms with E-state index >= 15 is 0 Å². The highest BCUT2D eigenvalue weighted by molar-refractivity contribution is 5.74. The molecule has 1 rings (SSSR count). The smallest absolute Gasteiger partial charge is 0.317 e. The van der Waals surface area contributed by atoms with Gasteiger partial charge in [0, 0.05) is 19.1 Å². The monoisotopic (exact) mass is 229 g/mol. The topological polar surface area (TPSA) is 64.6 Å². The molecule has 0 aliphatic carbocycles. The number of carbonyl (C=O) groups excluding carboxylic acids is 1. The van der Waals surface area contributed by atoms with Crippen LogP contribution in [0.15, 0.2) is 0 Å². The fourth-order valence-corrected chi connectivity index (χ4v) is 1.79. The normalized spacial score (nSPS) is 25.6. The zero-order chi connectivity index (χ0) is 12.4. The van der Waals surface area contributed by atoms with E-state index in [1.165, 1.54) is 4.90 Å². The van der Waals surface area contributed by atoms with Crippen molar-refractivity contribution >= 4 is 6.03 Å². The van der Waals surface area contributed by atoms with E-state index in [1.807, 2.05) is 20.8 Å². The van der Waals surface area contributed by atoms with Gasteiger partial charge in [0.15, 0.2) is 0 Å². The lowest BCUT2D eigenvalue weighted by atomic mass is 10.0. The molecule has 5 heteroatoms. The Bertz CT molecular complexity index is 254. The Morgan fingerprint density at radius 2 is 2.19 bits per heavy atom. The van der Waals surface area contributed by atoms with Gasteiger partial charge in [-0.15, -0.1) is 0 Å². The molecule has 0 aromatic carbocycles. The van der Waals surface area contributed by atoms with Crippen LogP contribution in [-0.2, 0) is 0 Å². The molecule has 3 N–H and O–H groups in total. The molecular weight excluding hydrogens is 206 g/mol. The highest BCUT2D eigenvalue weighted by Gasteiger charge is 2.33. The van der Waals surface area contributed by atoms with E-state index in [2.05, 4.69) is 10.6 Å². The van der Waals surface area contributed by atoms with Crippen molar-refractivity contribution in [1.82, 2.24) is 15.5 Å². The van der Waals surface area contributed by atoms with Gasteiger partial charge in [0.1, 0.15) is 0 Å². The molecule has 16 heavy (non-hydrogen) atoms. The summed E-state index contributed by atoms with van der Waals surface area (Å²) in [7, 11) is 1.71. The van der Waals surface area contributed by atoms with E-state index in [1.54, 1.807) is 7.05 Å². The second kappa shape index (κ2) is 4.59. The van der Waals surface area contributed by atoms with Crippen molar-refractivity contribution in [1.29, 1.82) is 0 Å². The largest absolute Gasteiger partial charge is 0.387 e. The summed E-state index contributed by atoms with van der Waals surface area (Å²) >= 11 is 0. The fourth-order valence-electron chi connectivity index (χ4n) is 1.79. The third kappa shape index (κ3) is 3.98. The Kier molecular flexibility index (Phi) is 3.80. The molecule has 2 amide bonds. The number of hydrogen-bond acceptors (Lipinski definition) is 3. The van der Waals surface area contributed by atoms with Crippen LogP contribution in [0.4, 0.5) is 4.79 Å². The van der Waals surface area contributed by atoms with Gasteiger partial charge in [0.25, 0.3) is 0 Å². The van der Waals surface area contributed by atoms with Gasteiger partial charge < -0.3 is 20.6 Å². The molecule has 1 aliphatic rings. The third-order valence-electron chi connectivity index (χ3n) is 2.58. The molecule has 94 valence electrons. The maximum absolute atomic E-state index is 11.8. The Hall–Kier alpha value is -0.810. The average molecular weight is 229 g/mol. The number of nitrogens with one attached hydrogen (secondary N) is 2. The lowest BCUT2D eigenvalue weighted by molar-refractivity contribution is 0.0361. The van der Waals surface area contributed by atoms with Gasteiger partial charge in [-0.25, -0.2) is 4.79 Å². The molecule has 0 spiro atoms. The first-order valence-electron chi connectivity index (χ1n) is 5.68. The van der Waals surface area contributed by atoms with Crippen LogP contribution in [-0.4, -0.2) is 53.9 Å². The minimum absolute atomic E-state index is 0.146. The number of likely N-dealkylation sites (N-methyl/N-ethyl adjacent to an activating group) is 1. The molecule has 0 bridgehead atoms. The number of amides is 2. The minimum atomic E-state index is -0.774. The van der Waals surface area contributed by atoms with Crippen LogP contribution in [0, 0.1) is 0 Å². The van der Waals surface area contributed by atoms with Crippen molar-refractivity contribution < 1.29 is 9.90 Å². The summed E-state index contributed by atoms with van der Waals surface area (Å²) in [5.74, 6) is 0. The highest BCUT2D eigenvalue weighted by Crippen LogP contribution is 2.15. The Morgan fingerprint density at radius 1 is 1.56 bits per heavy atom. The summed E-state index contributed by atoms with van der Waals surface area (Å²) in [5, 5.41) is 16.1. The van der Waals surface area contributed by atoms with Crippen molar-refractivity contribution in [3.63, 3.8) is 0 Å². The Balaban J connectivity index is 2.45. The average Bonchev–Trinajstić information content (AvgIpc) is 2.48. The number of β-amino-alcohol motifs (C(OH)–C–C–N with tert-alkyl or cyclic N) is 1. The number of hydrogen-bond donors (Lipinski definition) is 3. The number of urea groups is 1. The minimum Gasteiger partial charge on any atom is -0.387 e. The lowest BCUT2D eigenvalue weighted by Gasteiger charge is -2.31. The summed E-state index contributed by atoms with van der Waals surface area (Å²) in [4.78, 5) is 13.3. The lowest BCUT2D eigenvalue weighted by Crippen LogP contribution is -2.52. The van der Waals surface area contributed by atoms with Crippen LogP contribution in [0.3, 0.4) is 0 Å². The van der Waals surface area contributed by atoms with Crippen LogP contribution in [0.5, 0.6) is 0 Å². The first-order valence-corrected chi connectivity index (χ1v) is 5.68. The zero-order valence-corrected chi connectivity index (χ0v) is 10.6. The van der Waals surface area contributed by atoms with E-state index in [-0.39, 0.29) is 11.6 Å². The third-order valence-corrected chi connectivity index (χ3v) is 2.58. The summed E-state index contributed by atoms with van der Waals surface area (Å²) in [6.45, 7) is 7.53. The SMILES string of the molecule is CN(CC1(O)CCNC1)C(=O)NC(C)(C)C. The number of aliphatic hydroxyl groups is 1. The molecule has 1 saturated heterocycles. The van der Waals surface area contributed by atoms with Crippen LogP contribution in [0.25, 0.3) is 0 Å². The number of rotatable bonds is 2. The molecule has 0 aromatic rings. The van der Waals surface area contributed by atoms with E-state index < -0.39 is 5.60 Å². The van der Waals surface area contributed by atoms with E-state index in [4.69, 9.17) is 0 Å². The molecule has 0 radical (unpaired) electrons. The zero-order valence-electron chi connectivity index (χ0n) is 10.6. The maximum atomic E-state index is 11.8. The molecular formula is C11H23N3O2. The van der Waals surface area contributed by atoms with Gasteiger partial charge in [0.05, 0.1) is 12.1 Å². The molecule has 1 heterocycles. The molecule has 1 atom stereocenters. The van der Waals surface area contributed by atoms with Crippen LogP contribution >= 0.6 is 0 Å². The van der Waals surface area contributed by atoms with Gasteiger partial charge in [-0.2, -0.15) is 0 Å². The van der Waals surface area contributed by atoms with Crippen LogP contribution in [0.1, 0.15) is 27.2 Å². The summed E-state index contributed by atoms with van der Waals surface area (Å²) in [6.07, 6.45) is 0.695. The molecule has 1 fully saturated rings. The first-order chi connectivity index (χ1) is 7.22. The quantitative estimate of drug-likeness (QED) is 0.631. The van der Waals surface area contributed by atoms with Crippen LogP contribution in [0.2, 0.25) is 0 Å². The highest BCUT2D eigenvalue weighted by atomic mass is 16.3.